The van der Waals surface area contributed by atoms with E-state index < -0.39 is 0 Å². The van der Waals surface area contributed by atoms with Gasteiger partial charge >= 0.3 is 0 Å². The molecule has 2 aromatic carbocycles. The molecule has 6 heteroatoms. The van der Waals surface area contributed by atoms with Gasteiger partial charge in [0.05, 0.1) is 7.11 Å². The highest BCUT2D eigenvalue weighted by Crippen LogP contribution is 2.35. The molecule has 6 nitrogen and oxygen atoms in total. The maximum absolute atomic E-state index is 6.00. The minimum atomic E-state index is 0.202. The highest BCUT2D eigenvalue weighted by Gasteiger charge is 2.21. The van der Waals surface area contributed by atoms with E-state index in [1.165, 1.54) is 11.3 Å². The molecule has 0 saturated carbocycles. The van der Waals surface area contributed by atoms with Crippen LogP contribution in [0.25, 0.3) is 11.1 Å². The Bertz CT molecular complexity index is 957. The van der Waals surface area contributed by atoms with Crippen LogP contribution >= 0.6 is 0 Å². The summed E-state index contributed by atoms with van der Waals surface area (Å²) in [6.07, 6.45) is 2.73. The fourth-order valence-corrected chi connectivity index (χ4v) is 3.35. The molecule has 0 atom stereocenters. The topological polar surface area (TPSA) is 90.3 Å². The molecule has 1 aliphatic rings. The highest BCUT2D eigenvalue weighted by molar-refractivity contribution is 5.73. The van der Waals surface area contributed by atoms with E-state index >= 15 is 0 Å². The third kappa shape index (κ3) is 3.01. The van der Waals surface area contributed by atoms with Crippen molar-refractivity contribution in [1.82, 2.24) is 9.97 Å². The zero-order valence-corrected chi connectivity index (χ0v) is 14.6. The molecule has 132 valence electrons. The number of rotatable bonds is 4. The number of hydrogen-bond donors (Lipinski definition) is 2. The van der Waals surface area contributed by atoms with Gasteiger partial charge in [0, 0.05) is 30.5 Å². The fourth-order valence-electron chi connectivity index (χ4n) is 3.35. The van der Waals surface area contributed by atoms with E-state index in [0.717, 1.165) is 35.4 Å². The summed E-state index contributed by atoms with van der Waals surface area (Å²) in [6.45, 7) is 1.61. The summed E-state index contributed by atoms with van der Waals surface area (Å²) in [5, 5.41) is 0. The van der Waals surface area contributed by atoms with E-state index in [9.17, 15) is 0 Å². The zero-order valence-electron chi connectivity index (χ0n) is 14.6. The maximum atomic E-state index is 6.00. The lowest BCUT2D eigenvalue weighted by atomic mass is 10.0. The molecule has 0 fully saturated rings. The van der Waals surface area contributed by atoms with Crippen LogP contribution in [0.4, 0.5) is 17.5 Å². The van der Waals surface area contributed by atoms with Crippen molar-refractivity contribution < 1.29 is 4.74 Å². The number of fused-ring (bicyclic) bond motifs is 1. The first kappa shape index (κ1) is 16.2. The number of nitrogens with zero attached hydrogens (tertiary/aromatic N) is 3. The molecule has 1 aliphatic heterocycles. The quantitative estimate of drug-likeness (QED) is 0.754. The molecular weight excluding hydrogens is 326 g/mol. The summed E-state index contributed by atoms with van der Waals surface area (Å²) >= 11 is 0. The number of hydrogen-bond acceptors (Lipinski definition) is 6. The van der Waals surface area contributed by atoms with Crippen molar-refractivity contribution in [2.45, 2.75) is 13.0 Å². The van der Waals surface area contributed by atoms with Crippen molar-refractivity contribution >= 4 is 17.5 Å². The molecule has 4 N–H and O–H groups in total. The number of nitrogens with two attached hydrogens (primary N) is 2. The molecule has 0 amide bonds. The summed E-state index contributed by atoms with van der Waals surface area (Å²) < 4.78 is 5.34. The van der Waals surface area contributed by atoms with Crippen LogP contribution in [0.5, 0.6) is 5.75 Å². The number of ether oxygens (including phenoxy) is 1. The van der Waals surface area contributed by atoms with Crippen LogP contribution in [0.1, 0.15) is 11.1 Å². The van der Waals surface area contributed by atoms with Gasteiger partial charge in [0.1, 0.15) is 11.6 Å². The van der Waals surface area contributed by atoms with Crippen molar-refractivity contribution in [3.05, 3.63) is 59.8 Å². The van der Waals surface area contributed by atoms with E-state index in [2.05, 4.69) is 39.1 Å². The molecule has 0 bridgehead atoms. The van der Waals surface area contributed by atoms with Crippen molar-refractivity contribution in [3.63, 3.8) is 0 Å². The Balaban J connectivity index is 1.65. The molecule has 0 aliphatic carbocycles. The highest BCUT2D eigenvalue weighted by atomic mass is 16.5. The normalized spacial score (nSPS) is 12.9. The Morgan fingerprint density at radius 3 is 2.77 bits per heavy atom. The minimum absolute atomic E-state index is 0.202. The smallest absolute Gasteiger partial charge is 0.221 e. The van der Waals surface area contributed by atoms with Gasteiger partial charge in [-0.05, 0) is 41.3 Å². The third-order valence-corrected chi connectivity index (χ3v) is 4.76. The van der Waals surface area contributed by atoms with E-state index in [0.29, 0.717) is 12.4 Å². The van der Waals surface area contributed by atoms with Crippen LogP contribution in [0.15, 0.2) is 48.7 Å². The van der Waals surface area contributed by atoms with Gasteiger partial charge in [-0.25, -0.2) is 4.98 Å². The van der Waals surface area contributed by atoms with Gasteiger partial charge in [-0.3, -0.25) is 0 Å². The summed E-state index contributed by atoms with van der Waals surface area (Å²) in [5.41, 5.74) is 17.3. The van der Waals surface area contributed by atoms with Gasteiger partial charge in [-0.1, -0.05) is 24.3 Å². The molecule has 1 aromatic heterocycles. The molecular formula is C20H21N5O. The zero-order chi connectivity index (χ0) is 18.1. The summed E-state index contributed by atoms with van der Waals surface area (Å²) in [6, 6.07) is 14.7. The average molecular weight is 347 g/mol. The summed E-state index contributed by atoms with van der Waals surface area (Å²) in [4.78, 5) is 10.4. The molecule has 2 heterocycles. The summed E-state index contributed by atoms with van der Waals surface area (Å²) in [5.74, 6) is 1.50. The monoisotopic (exact) mass is 347 g/mol. The molecule has 26 heavy (non-hydrogen) atoms. The first-order valence-electron chi connectivity index (χ1n) is 8.53. The second-order valence-electron chi connectivity index (χ2n) is 6.39. The van der Waals surface area contributed by atoms with E-state index in [-0.39, 0.29) is 5.95 Å². The second-order valence-corrected chi connectivity index (χ2v) is 6.39. The van der Waals surface area contributed by atoms with Crippen molar-refractivity contribution in [3.8, 4) is 16.9 Å². The van der Waals surface area contributed by atoms with Crippen molar-refractivity contribution in [2.24, 2.45) is 0 Å². The fraction of sp³-hybridized carbons (Fsp3) is 0.200. The van der Waals surface area contributed by atoms with Crippen LogP contribution < -0.4 is 21.1 Å². The van der Waals surface area contributed by atoms with Crippen molar-refractivity contribution in [1.29, 1.82) is 0 Å². The van der Waals surface area contributed by atoms with Gasteiger partial charge < -0.3 is 21.1 Å². The van der Waals surface area contributed by atoms with Gasteiger partial charge in [0.15, 0.2) is 0 Å². The van der Waals surface area contributed by atoms with Gasteiger partial charge in [-0.2, -0.15) is 4.98 Å². The number of methoxy groups -OCH3 is 1. The Morgan fingerprint density at radius 2 is 1.96 bits per heavy atom. The molecule has 0 unspecified atom stereocenters. The Labute approximate surface area is 152 Å². The van der Waals surface area contributed by atoms with Crippen LogP contribution in [0.3, 0.4) is 0 Å². The Morgan fingerprint density at radius 1 is 1.12 bits per heavy atom. The maximum Gasteiger partial charge on any atom is 0.221 e. The third-order valence-electron chi connectivity index (χ3n) is 4.76. The van der Waals surface area contributed by atoms with E-state index in [4.69, 9.17) is 16.2 Å². The molecule has 0 radical (unpaired) electrons. The van der Waals surface area contributed by atoms with Crippen LogP contribution in [-0.4, -0.2) is 23.6 Å². The van der Waals surface area contributed by atoms with Gasteiger partial charge in [0.25, 0.3) is 0 Å². The molecule has 0 saturated heterocycles. The first-order chi connectivity index (χ1) is 12.6. The van der Waals surface area contributed by atoms with E-state index in [1.807, 2.05) is 18.2 Å². The number of anilines is 3. The van der Waals surface area contributed by atoms with E-state index in [1.54, 1.807) is 13.3 Å². The SMILES string of the molecule is COc1cccc(-c2ccc3c(c2)N(Cc2cnc(N)nc2N)CC3)c1. The largest absolute Gasteiger partial charge is 0.497 e. The predicted molar refractivity (Wildman–Crippen MR) is 104 cm³/mol. The standard InChI is InChI=1S/C20H21N5O/c1-26-17-4-2-3-14(9-17)15-6-5-13-7-8-25(18(13)10-15)12-16-11-23-20(22)24-19(16)21/h2-6,9-11H,7-8,12H2,1H3,(H4,21,22,23,24). The first-order valence-corrected chi connectivity index (χ1v) is 8.53. The van der Waals surface area contributed by atoms with Crippen LogP contribution in [-0.2, 0) is 13.0 Å². The van der Waals surface area contributed by atoms with Crippen LogP contribution in [0.2, 0.25) is 0 Å². The average Bonchev–Trinajstić information content (AvgIpc) is 3.06. The lowest BCUT2D eigenvalue weighted by Gasteiger charge is -2.20. The number of nitrogen functional groups attached to an aromatic ring is 2. The molecule has 3 aromatic rings. The predicted octanol–water partition coefficient (Wildman–Crippen LogP) is 2.88. The van der Waals surface area contributed by atoms with Crippen molar-refractivity contribution in [2.75, 3.05) is 30.0 Å². The second kappa shape index (κ2) is 6.55. The Kier molecular flexibility index (Phi) is 4.08. The van der Waals surface area contributed by atoms with Gasteiger partial charge in [-0.15, -0.1) is 0 Å². The summed E-state index contributed by atoms with van der Waals surface area (Å²) in [7, 11) is 1.68. The Hall–Kier alpha value is -3.28. The molecule has 0 spiro atoms. The minimum Gasteiger partial charge on any atom is -0.497 e. The van der Waals surface area contributed by atoms with Crippen LogP contribution in [0, 0.1) is 0 Å². The lowest BCUT2D eigenvalue weighted by Crippen LogP contribution is -2.21. The number of aromatic nitrogens is 2. The molecule has 4 rings (SSSR count). The van der Waals surface area contributed by atoms with Gasteiger partial charge in [0.2, 0.25) is 5.95 Å². The number of benzene rings is 2. The lowest BCUT2D eigenvalue weighted by molar-refractivity contribution is 0.415.